The van der Waals surface area contributed by atoms with E-state index in [9.17, 15) is 13.9 Å². The fourth-order valence-corrected chi connectivity index (χ4v) is 1.30. The molecule has 0 saturated carbocycles. The van der Waals surface area contributed by atoms with E-state index in [1.165, 1.54) is 26.0 Å². The van der Waals surface area contributed by atoms with Gasteiger partial charge in [0.25, 0.3) is 0 Å². The van der Waals surface area contributed by atoms with E-state index < -0.39 is 17.2 Å². The SMILES string of the molecule is CC(C)(O)c1ccc(Br)c(F)c1F. The van der Waals surface area contributed by atoms with Gasteiger partial charge in [-0.25, -0.2) is 8.78 Å². The first-order valence-electron chi connectivity index (χ1n) is 3.70. The molecule has 1 rings (SSSR count). The Bertz CT molecular complexity index is 331. The predicted octanol–water partition coefficient (Wildman–Crippen LogP) is 2.95. The summed E-state index contributed by atoms with van der Waals surface area (Å²) in [6.07, 6.45) is 0. The second kappa shape index (κ2) is 3.35. The maximum Gasteiger partial charge on any atom is 0.173 e. The number of aliphatic hydroxyl groups is 1. The van der Waals surface area contributed by atoms with E-state index in [1.54, 1.807) is 0 Å². The fraction of sp³-hybridized carbons (Fsp3) is 0.333. The molecule has 0 aliphatic rings. The molecule has 0 saturated heterocycles. The normalized spacial score (nSPS) is 11.8. The van der Waals surface area contributed by atoms with Crippen molar-refractivity contribution in [2.24, 2.45) is 0 Å². The molecule has 1 aromatic rings. The zero-order chi connectivity index (χ0) is 10.2. The summed E-state index contributed by atoms with van der Waals surface area (Å²) in [7, 11) is 0. The van der Waals surface area contributed by atoms with Crippen LogP contribution in [0.15, 0.2) is 16.6 Å². The number of hydrogen-bond acceptors (Lipinski definition) is 1. The van der Waals surface area contributed by atoms with Crippen molar-refractivity contribution in [1.82, 2.24) is 0 Å². The molecule has 0 unspecified atom stereocenters. The molecule has 0 atom stereocenters. The first-order chi connectivity index (χ1) is 5.84. The lowest BCUT2D eigenvalue weighted by Crippen LogP contribution is -2.18. The van der Waals surface area contributed by atoms with Gasteiger partial charge in [0, 0.05) is 5.56 Å². The minimum absolute atomic E-state index is 0.0480. The van der Waals surface area contributed by atoms with Gasteiger partial charge in [0.15, 0.2) is 11.6 Å². The summed E-state index contributed by atoms with van der Waals surface area (Å²) in [6, 6.07) is 2.72. The second-order valence-electron chi connectivity index (χ2n) is 3.28. The van der Waals surface area contributed by atoms with Crippen LogP contribution in [-0.4, -0.2) is 5.11 Å². The van der Waals surface area contributed by atoms with Crippen molar-refractivity contribution in [1.29, 1.82) is 0 Å². The Labute approximate surface area is 83.5 Å². The van der Waals surface area contributed by atoms with Crippen LogP contribution in [0.4, 0.5) is 8.78 Å². The minimum Gasteiger partial charge on any atom is -0.386 e. The van der Waals surface area contributed by atoms with Gasteiger partial charge in [0.05, 0.1) is 10.1 Å². The van der Waals surface area contributed by atoms with E-state index in [1.807, 2.05) is 0 Å². The van der Waals surface area contributed by atoms with Gasteiger partial charge in [-0.2, -0.15) is 0 Å². The van der Waals surface area contributed by atoms with Gasteiger partial charge < -0.3 is 5.11 Å². The number of benzene rings is 1. The molecule has 72 valence electrons. The Balaban J connectivity index is 3.35. The average molecular weight is 251 g/mol. The molecular weight excluding hydrogens is 242 g/mol. The summed E-state index contributed by atoms with van der Waals surface area (Å²) in [4.78, 5) is 0. The van der Waals surface area contributed by atoms with Gasteiger partial charge in [-0.1, -0.05) is 6.07 Å². The molecule has 0 heterocycles. The monoisotopic (exact) mass is 250 g/mol. The van der Waals surface area contributed by atoms with Gasteiger partial charge in [0.1, 0.15) is 0 Å². The van der Waals surface area contributed by atoms with Gasteiger partial charge >= 0.3 is 0 Å². The smallest absolute Gasteiger partial charge is 0.173 e. The topological polar surface area (TPSA) is 20.2 Å². The highest BCUT2D eigenvalue weighted by atomic mass is 79.9. The van der Waals surface area contributed by atoms with E-state index in [0.717, 1.165) is 0 Å². The van der Waals surface area contributed by atoms with Gasteiger partial charge in [0.2, 0.25) is 0 Å². The first-order valence-corrected chi connectivity index (χ1v) is 4.49. The lowest BCUT2D eigenvalue weighted by atomic mass is 9.98. The zero-order valence-corrected chi connectivity index (χ0v) is 8.82. The zero-order valence-electron chi connectivity index (χ0n) is 7.24. The quantitative estimate of drug-likeness (QED) is 0.761. The van der Waals surface area contributed by atoms with Crippen LogP contribution in [0.25, 0.3) is 0 Å². The minimum atomic E-state index is -1.37. The second-order valence-corrected chi connectivity index (χ2v) is 4.14. The van der Waals surface area contributed by atoms with Crippen molar-refractivity contribution in [3.05, 3.63) is 33.8 Å². The predicted molar refractivity (Wildman–Crippen MR) is 49.3 cm³/mol. The average Bonchev–Trinajstić information content (AvgIpc) is 1.98. The largest absolute Gasteiger partial charge is 0.386 e. The van der Waals surface area contributed by atoms with Crippen molar-refractivity contribution in [2.45, 2.75) is 19.4 Å². The summed E-state index contributed by atoms with van der Waals surface area (Å²) < 4.78 is 26.2. The Morgan fingerprint density at radius 1 is 1.23 bits per heavy atom. The van der Waals surface area contributed by atoms with Gasteiger partial charge in [-0.3, -0.25) is 0 Å². The van der Waals surface area contributed by atoms with Crippen LogP contribution in [-0.2, 0) is 5.60 Å². The molecule has 1 nitrogen and oxygen atoms in total. The Morgan fingerprint density at radius 3 is 2.23 bits per heavy atom. The summed E-state index contributed by atoms with van der Waals surface area (Å²) in [6.45, 7) is 2.80. The molecule has 0 aliphatic heterocycles. The van der Waals surface area contributed by atoms with Crippen LogP contribution < -0.4 is 0 Å². The molecule has 13 heavy (non-hydrogen) atoms. The molecule has 0 bridgehead atoms. The van der Waals surface area contributed by atoms with Gasteiger partial charge in [-0.15, -0.1) is 0 Å². The van der Waals surface area contributed by atoms with E-state index in [2.05, 4.69) is 15.9 Å². The third kappa shape index (κ3) is 2.06. The lowest BCUT2D eigenvalue weighted by Gasteiger charge is -2.18. The summed E-state index contributed by atoms with van der Waals surface area (Å²) in [5, 5.41) is 9.46. The Morgan fingerprint density at radius 2 is 1.77 bits per heavy atom. The third-order valence-corrected chi connectivity index (χ3v) is 2.31. The molecule has 4 heteroatoms. The van der Waals surface area contributed by atoms with Crippen LogP contribution in [0.2, 0.25) is 0 Å². The molecule has 1 N–H and O–H groups in total. The summed E-state index contributed by atoms with van der Waals surface area (Å²) in [5.41, 5.74) is -1.42. The summed E-state index contributed by atoms with van der Waals surface area (Å²) in [5.74, 6) is -1.98. The van der Waals surface area contributed by atoms with Crippen LogP contribution in [0.5, 0.6) is 0 Å². The molecule has 0 aliphatic carbocycles. The van der Waals surface area contributed by atoms with E-state index in [0.29, 0.717) is 0 Å². The molecule has 0 spiro atoms. The maximum absolute atomic E-state index is 13.2. The Kier molecular flexibility index (Phi) is 2.73. The highest BCUT2D eigenvalue weighted by Crippen LogP contribution is 2.28. The Hall–Kier alpha value is -0.480. The summed E-state index contributed by atoms with van der Waals surface area (Å²) >= 11 is 2.85. The number of halogens is 3. The standard InChI is InChI=1S/C9H9BrF2O/c1-9(2,13)5-3-4-6(10)8(12)7(5)11/h3-4,13H,1-2H3. The lowest BCUT2D eigenvalue weighted by molar-refractivity contribution is 0.0736. The molecule has 0 amide bonds. The van der Waals surface area contributed by atoms with Crippen molar-refractivity contribution in [3.63, 3.8) is 0 Å². The highest BCUT2D eigenvalue weighted by Gasteiger charge is 2.23. The highest BCUT2D eigenvalue weighted by molar-refractivity contribution is 9.10. The molecular formula is C9H9BrF2O. The van der Waals surface area contributed by atoms with E-state index in [4.69, 9.17) is 0 Å². The molecule has 0 aromatic heterocycles. The van der Waals surface area contributed by atoms with Crippen molar-refractivity contribution >= 4 is 15.9 Å². The van der Waals surface area contributed by atoms with Crippen LogP contribution in [0.1, 0.15) is 19.4 Å². The number of rotatable bonds is 1. The van der Waals surface area contributed by atoms with Crippen LogP contribution in [0, 0.1) is 11.6 Å². The van der Waals surface area contributed by atoms with Gasteiger partial charge in [-0.05, 0) is 35.8 Å². The van der Waals surface area contributed by atoms with E-state index in [-0.39, 0.29) is 10.0 Å². The van der Waals surface area contributed by atoms with Crippen molar-refractivity contribution in [3.8, 4) is 0 Å². The van der Waals surface area contributed by atoms with Crippen LogP contribution >= 0.6 is 15.9 Å². The maximum atomic E-state index is 13.2. The van der Waals surface area contributed by atoms with Crippen LogP contribution in [0.3, 0.4) is 0 Å². The van der Waals surface area contributed by atoms with Crippen molar-refractivity contribution in [2.75, 3.05) is 0 Å². The number of hydrogen-bond donors (Lipinski definition) is 1. The third-order valence-electron chi connectivity index (χ3n) is 1.69. The first kappa shape index (κ1) is 10.6. The molecule has 0 fully saturated rings. The van der Waals surface area contributed by atoms with Crippen molar-refractivity contribution < 1.29 is 13.9 Å². The molecule has 1 aromatic carbocycles. The fourth-order valence-electron chi connectivity index (χ4n) is 0.998. The van der Waals surface area contributed by atoms with E-state index >= 15 is 0 Å². The molecule has 0 radical (unpaired) electrons.